The summed E-state index contributed by atoms with van der Waals surface area (Å²) in [4.78, 5) is 24.8. The molecule has 24 heavy (non-hydrogen) atoms. The molecular weight excluding hydrogens is 311 g/mol. The van der Waals surface area contributed by atoms with Gasteiger partial charge in [-0.1, -0.05) is 5.92 Å². The number of ether oxygens (including phenoxy) is 2. The predicted molar refractivity (Wildman–Crippen MR) is 87.2 cm³/mol. The van der Waals surface area contributed by atoms with Crippen LogP contribution in [0.1, 0.15) is 30.4 Å². The highest BCUT2D eigenvalue weighted by Gasteiger charge is 2.48. The van der Waals surface area contributed by atoms with Crippen molar-refractivity contribution in [3.8, 4) is 24.7 Å². The van der Waals surface area contributed by atoms with Crippen LogP contribution in [0.25, 0.3) is 0 Å². The number of hydrogen-bond acceptors (Lipinski definition) is 4. The average Bonchev–Trinajstić information content (AvgIpc) is 2.59. The maximum Gasteiger partial charge on any atom is 0.323 e. The molecule has 0 aromatic heterocycles. The molecular formula is C19H19FO4. The summed E-state index contributed by atoms with van der Waals surface area (Å²) < 4.78 is 23.2. The van der Waals surface area contributed by atoms with Crippen molar-refractivity contribution < 1.29 is 23.5 Å². The Morgan fingerprint density at radius 2 is 1.83 bits per heavy atom. The van der Waals surface area contributed by atoms with Gasteiger partial charge in [-0.15, -0.1) is 18.8 Å². The van der Waals surface area contributed by atoms with Crippen LogP contribution in [0.2, 0.25) is 0 Å². The average molecular weight is 330 g/mol. The van der Waals surface area contributed by atoms with Gasteiger partial charge in [0.05, 0.1) is 14.2 Å². The molecule has 1 rings (SSSR count). The Hall–Kier alpha value is -2.79. The molecule has 0 aliphatic rings. The first-order chi connectivity index (χ1) is 11.4. The first-order valence-electron chi connectivity index (χ1n) is 7.30. The van der Waals surface area contributed by atoms with E-state index in [-0.39, 0.29) is 12.8 Å². The maximum absolute atomic E-state index is 13.6. The summed E-state index contributed by atoms with van der Waals surface area (Å²) in [6.07, 6.45) is 11.4. The van der Waals surface area contributed by atoms with Crippen LogP contribution in [0.5, 0.6) is 0 Å². The van der Waals surface area contributed by atoms with E-state index in [0.29, 0.717) is 24.0 Å². The first kappa shape index (κ1) is 19.3. The van der Waals surface area contributed by atoms with Crippen molar-refractivity contribution in [2.24, 2.45) is 5.41 Å². The normalized spacial score (nSPS) is 10.4. The molecule has 0 amide bonds. The molecule has 0 unspecified atom stereocenters. The fourth-order valence-corrected chi connectivity index (χ4v) is 2.58. The molecule has 4 nitrogen and oxygen atoms in total. The SMILES string of the molecule is C#CCCCC(Cc1cc(F)ccc1C#C)(C(=O)OC)C(=O)OC. The standard InChI is InChI=1S/C19H19FO4/c1-5-7-8-11-19(17(21)23-3,18(22)24-4)13-15-12-16(20)10-9-14(15)6-2/h1-2,9-10,12H,7-8,11,13H2,3-4H3. The van der Waals surface area contributed by atoms with Gasteiger partial charge in [0.2, 0.25) is 0 Å². The molecule has 0 aliphatic heterocycles. The zero-order valence-electron chi connectivity index (χ0n) is 13.7. The fraction of sp³-hybridized carbons (Fsp3) is 0.368. The van der Waals surface area contributed by atoms with Gasteiger partial charge in [0.15, 0.2) is 5.41 Å². The molecule has 0 N–H and O–H groups in total. The molecule has 1 aromatic rings. The summed E-state index contributed by atoms with van der Waals surface area (Å²) in [6, 6.07) is 3.84. The van der Waals surface area contributed by atoms with Crippen LogP contribution in [0.15, 0.2) is 18.2 Å². The van der Waals surface area contributed by atoms with Gasteiger partial charge in [0.25, 0.3) is 0 Å². The summed E-state index contributed by atoms with van der Waals surface area (Å²) in [7, 11) is 2.35. The number of carbonyl (C=O) groups is 2. The van der Waals surface area contributed by atoms with Crippen molar-refractivity contribution in [1.82, 2.24) is 0 Å². The lowest BCUT2D eigenvalue weighted by molar-refractivity contribution is -0.169. The number of rotatable bonds is 7. The Balaban J connectivity index is 3.38. The van der Waals surface area contributed by atoms with E-state index in [4.69, 9.17) is 22.3 Å². The van der Waals surface area contributed by atoms with Gasteiger partial charge in [-0.25, -0.2) is 4.39 Å². The highest BCUT2D eigenvalue weighted by atomic mass is 19.1. The van der Waals surface area contributed by atoms with Gasteiger partial charge >= 0.3 is 11.9 Å². The second-order valence-electron chi connectivity index (χ2n) is 5.25. The van der Waals surface area contributed by atoms with Crippen LogP contribution in [-0.2, 0) is 25.5 Å². The second-order valence-corrected chi connectivity index (χ2v) is 5.25. The van der Waals surface area contributed by atoms with Crippen molar-refractivity contribution in [3.05, 3.63) is 35.1 Å². The van der Waals surface area contributed by atoms with E-state index in [1.165, 1.54) is 32.4 Å². The van der Waals surface area contributed by atoms with Crippen molar-refractivity contribution in [1.29, 1.82) is 0 Å². The number of methoxy groups -OCH3 is 2. The minimum absolute atomic E-state index is 0.108. The van der Waals surface area contributed by atoms with E-state index in [1.54, 1.807) is 0 Å². The number of hydrogen-bond donors (Lipinski definition) is 0. The third-order valence-corrected chi connectivity index (χ3v) is 3.79. The van der Waals surface area contributed by atoms with E-state index in [0.717, 1.165) is 0 Å². The molecule has 0 aliphatic carbocycles. The Bertz CT molecular complexity index is 678. The molecule has 0 saturated carbocycles. The van der Waals surface area contributed by atoms with Crippen LogP contribution in [0, 0.1) is 35.9 Å². The van der Waals surface area contributed by atoms with Crippen molar-refractivity contribution in [3.63, 3.8) is 0 Å². The van der Waals surface area contributed by atoms with Crippen LogP contribution in [0.3, 0.4) is 0 Å². The number of esters is 2. The number of carbonyl (C=O) groups excluding carboxylic acids is 2. The van der Waals surface area contributed by atoms with Gasteiger partial charge in [-0.05, 0) is 36.6 Å². The molecule has 0 atom stereocenters. The van der Waals surface area contributed by atoms with E-state index in [2.05, 4.69) is 11.8 Å². The van der Waals surface area contributed by atoms with E-state index in [9.17, 15) is 14.0 Å². The van der Waals surface area contributed by atoms with Crippen molar-refractivity contribution in [2.45, 2.75) is 25.7 Å². The van der Waals surface area contributed by atoms with E-state index >= 15 is 0 Å². The summed E-state index contributed by atoms with van der Waals surface area (Å²) >= 11 is 0. The summed E-state index contributed by atoms with van der Waals surface area (Å²) in [5, 5.41) is 0. The number of unbranched alkanes of at least 4 members (excludes halogenated alkanes) is 1. The van der Waals surface area contributed by atoms with E-state index < -0.39 is 23.2 Å². The fourth-order valence-electron chi connectivity index (χ4n) is 2.58. The Labute approximate surface area is 141 Å². The smallest absolute Gasteiger partial charge is 0.323 e. The molecule has 126 valence electrons. The van der Waals surface area contributed by atoms with E-state index in [1.807, 2.05) is 0 Å². The highest BCUT2D eigenvalue weighted by molar-refractivity contribution is 6.00. The summed E-state index contributed by atoms with van der Waals surface area (Å²) in [5.74, 6) is 2.83. The minimum atomic E-state index is -1.63. The van der Waals surface area contributed by atoms with Gasteiger partial charge in [-0.3, -0.25) is 9.59 Å². The zero-order valence-corrected chi connectivity index (χ0v) is 13.7. The largest absolute Gasteiger partial charge is 0.468 e. The lowest BCUT2D eigenvalue weighted by Crippen LogP contribution is -2.43. The molecule has 5 heteroatoms. The Kier molecular flexibility index (Phi) is 7.01. The second kappa shape index (κ2) is 8.74. The van der Waals surface area contributed by atoms with Gasteiger partial charge in [-0.2, -0.15) is 0 Å². The predicted octanol–water partition coefficient (Wildman–Crippen LogP) is 2.49. The molecule has 0 saturated heterocycles. The molecule has 0 fully saturated rings. The highest BCUT2D eigenvalue weighted by Crippen LogP contribution is 2.34. The summed E-state index contributed by atoms with van der Waals surface area (Å²) in [5.41, 5.74) is -0.876. The third kappa shape index (κ3) is 4.14. The van der Waals surface area contributed by atoms with Crippen molar-refractivity contribution >= 4 is 11.9 Å². The molecule has 0 radical (unpaired) electrons. The third-order valence-electron chi connectivity index (χ3n) is 3.79. The van der Waals surface area contributed by atoms with Crippen LogP contribution in [0.4, 0.5) is 4.39 Å². The molecule has 0 bridgehead atoms. The first-order valence-corrected chi connectivity index (χ1v) is 7.30. The molecule has 1 aromatic carbocycles. The number of benzene rings is 1. The molecule has 0 heterocycles. The lowest BCUT2D eigenvalue weighted by Gasteiger charge is -2.28. The number of terminal acetylenes is 2. The van der Waals surface area contributed by atoms with Crippen LogP contribution >= 0.6 is 0 Å². The quantitative estimate of drug-likeness (QED) is 0.334. The zero-order chi connectivity index (χ0) is 18.2. The van der Waals surface area contributed by atoms with Gasteiger partial charge in [0.1, 0.15) is 5.82 Å². The lowest BCUT2D eigenvalue weighted by atomic mass is 9.76. The minimum Gasteiger partial charge on any atom is -0.468 e. The monoisotopic (exact) mass is 330 g/mol. The Morgan fingerprint density at radius 1 is 1.21 bits per heavy atom. The van der Waals surface area contributed by atoms with Crippen LogP contribution < -0.4 is 0 Å². The van der Waals surface area contributed by atoms with Crippen molar-refractivity contribution in [2.75, 3.05) is 14.2 Å². The summed E-state index contributed by atoms with van der Waals surface area (Å²) in [6.45, 7) is 0. The topological polar surface area (TPSA) is 52.6 Å². The van der Waals surface area contributed by atoms with Crippen LogP contribution in [-0.4, -0.2) is 26.2 Å². The van der Waals surface area contributed by atoms with Gasteiger partial charge in [0, 0.05) is 18.4 Å². The Morgan fingerprint density at radius 3 is 2.33 bits per heavy atom. The molecule has 0 spiro atoms. The number of halogens is 1. The maximum atomic E-state index is 13.6. The van der Waals surface area contributed by atoms with Gasteiger partial charge < -0.3 is 9.47 Å².